The highest BCUT2D eigenvalue weighted by Crippen LogP contribution is 2.42. The summed E-state index contributed by atoms with van der Waals surface area (Å²) in [4.78, 5) is 26.1. The molecule has 15 aromatic rings. The van der Waals surface area contributed by atoms with Crippen LogP contribution in [0.2, 0.25) is 15.5 Å². The number of pyridine rings is 5. The summed E-state index contributed by atoms with van der Waals surface area (Å²) >= 11 is 18.8. The molecular formula is C95H99Cl3F3N23O5. The molecule has 1 atom stereocenters. The number of aliphatic hydroxyl groups is 5. The molecule has 129 heavy (non-hydrogen) atoms. The van der Waals surface area contributed by atoms with Gasteiger partial charge in [0.1, 0.15) is 78.5 Å². The van der Waals surface area contributed by atoms with E-state index in [1.54, 1.807) is 130 Å². The topological polar surface area (TPSA) is 364 Å². The normalized spacial score (nSPS) is 14.3. The molecule has 10 N–H and O–H groups in total. The number of likely N-dealkylation sites (tertiary alicyclic amines) is 2. The van der Waals surface area contributed by atoms with Gasteiger partial charge in [-0.1, -0.05) is 64.4 Å². The molecule has 15 aromatic heterocycles. The molecule has 28 nitrogen and oxygen atoms in total. The standard InChI is InChI=1S/C22H23ClF3N5O.C21H24ClN5O.C18H17N5O.C17H17ClN4O.C17H18N4O/c1-21(2,32)5-3-14-9-16-18(17-10-28-29-20(17)23)13-31(19(16)11-27-14)15-4-7-30(12-15)8-6-22(24,25)26;1-21(2,28)7-4-14-10-16-18(17-11-24-25-20(17)22)13-27(19(16)12-23-14)15-5-8-26(3)9-6-15;1-4-23-15(8-19)17(12-9-21-22-10-12)14-7-13(20-11-16(14)23)5-6-18(2,3)24;1-4-22-10-14(13-8-20-21-16(13)18)12-7-11(19-9-15(12)22)5-6-17(2,3)23;1-4-21-11-15(12-8-19-20-9-12)14-7-13(18-10-16(14)21)5-6-17(2,3)22/h9-11,13,15,32H,4,6-8,12H2,1-2H3,(H,28,29);10-13,15,28H,5-6,8-9H2,1-3H3,(H,24,25);7,9-11,24H,4H2,1-3H3,(H,21,22);7-10,23H,4H2,1-3H3,(H,20,21);7-11,22H,4H2,1-3H3,(H,19,20)/t15-;;;;/m0..../s1/i10D;;;;8D,9D. The molecule has 2 aliphatic heterocycles. The van der Waals surface area contributed by atoms with Crippen LogP contribution in [-0.2, 0) is 19.6 Å². The lowest BCUT2D eigenvalue weighted by atomic mass is 10.1. The number of fused-ring (bicyclic) bond motifs is 5. The Hall–Kier alpha value is -12.8. The van der Waals surface area contributed by atoms with Gasteiger partial charge in [-0.05, 0) is 189 Å². The van der Waals surface area contributed by atoms with Crippen molar-refractivity contribution >= 4 is 89.3 Å². The fourth-order valence-electron chi connectivity index (χ4n) is 14.9. The maximum absolute atomic E-state index is 12.6. The molecule has 2 aliphatic rings. The van der Waals surface area contributed by atoms with Crippen LogP contribution in [0.4, 0.5) is 13.2 Å². The third-order valence-corrected chi connectivity index (χ3v) is 21.8. The van der Waals surface area contributed by atoms with Crippen LogP contribution in [0, 0.1) is 70.5 Å². The molecule has 666 valence electrons. The third kappa shape index (κ3) is 23.4. The molecule has 0 amide bonds. The fourth-order valence-corrected chi connectivity index (χ4v) is 15.5. The van der Waals surface area contributed by atoms with E-state index in [0.29, 0.717) is 93.3 Å². The molecular weight excluding hydrogens is 1710 g/mol. The van der Waals surface area contributed by atoms with Crippen molar-refractivity contribution in [1.82, 2.24) is 109 Å². The van der Waals surface area contributed by atoms with E-state index in [-0.39, 0.29) is 36.3 Å². The van der Waals surface area contributed by atoms with Crippen LogP contribution in [0.1, 0.15) is 166 Å². The predicted molar refractivity (Wildman–Crippen MR) is 496 cm³/mol. The lowest BCUT2D eigenvalue weighted by Gasteiger charge is -2.30. The predicted octanol–water partition coefficient (Wildman–Crippen LogP) is 16.1. The van der Waals surface area contributed by atoms with Crippen LogP contribution in [0.3, 0.4) is 0 Å². The molecule has 0 aromatic carbocycles. The van der Waals surface area contributed by atoms with Gasteiger partial charge < -0.3 is 58.2 Å². The summed E-state index contributed by atoms with van der Waals surface area (Å²) in [6.07, 6.45) is 21.7. The van der Waals surface area contributed by atoms with Crippen molar-refractivity contribution in [3.05, 3.63) is 179 Å². The van der Waals surface area contributed by atoms with Crippen LogP contribution < -0.4 is 0 Å². The third-order valence-electron chi connectivity index (χ3n) is 21.0. The van der Waals surface area contributed by atoms with Gasteiger partial charge in [0, 0.05) is 177 Å². The molecule has 0 radical (unpaired) electrons. The summed E-state index contributed by atoms with van der Waals surface area (Å²) in [6.45, 7) is 27.7. The van der Waals surface area contributed by atoms with Crippen molar-refractivity contribution in [2.24, 2.45) is 0 Å². The highest BCUT2D eigenvalue weighted by molar-refractivity contribution is 6.33. The van der Waals surface area contributed by atoms with Crippen LogP contribution in [0.25, 0.3) is 110 Å². The first kappa shape index (κ1) is 89.6. The van der Waals surface area contributed by atoms with E-state index in [2.05, 4.69) is 175 Å². The lowest BCUT2D eigenvalue weighted by molar-refractivity contribution is -0.137. The molecule has 17 rings (SSSR count). The van der Waals surface area contributed by atoms with Gasteiger partial charge in [-0.15, -0.1) is 0 Å². The van der Waals surface area contributed by atoms with Gasteiger partial charge >= 0.3 is 6.18 Å². The molecule has 0 saturated carbocycles. The Bertz CT molecular complexity index is 7110. The van der Waals surface area contributed by atoms with Gasteiger partial charge in [0.2, 0.25) is 0 Å². The molecule has 0 spiro atoms. The van der Waals surface area contributed by atoms with E-state index in [1.165, 1.54) is 0 Å². The van der Waals surface area contributed by atoms with Crippen molar-refractivity contribution in [2.45, 2.75) is 182 Å². The number of rotatable bonds is 12. The SMILES string of the molecule is CCn1c(C#N)c(-c2cn[nH]c2)c2cc(C#CC(C)(C)O)ncc21.CCn1cc(-c2cn[nH]c2Cl)c2cc(C#CC(C)(C)O)ncc21.CN1CCC(n2cc(-c3cn[nH]c3Cl)c3cc(C#CC(C)(C)O)ncc32)CC1.[2H]c1[nH]nc(Cl)c1-c1cn([C@H]2CCN(CCC(F)(F)F)C2)c2cnc(C#CC(C)(C)O)cc12.[2H]c1n[nH]c([2H])c1-c1cn(CC)c2cnc(C#CC(C)(C)O)cc12. The van der Waals surface area contributed by atoms with Crippen LogP contribution in [0.15, 0.2) is 129 Å². The molecule has 17 heterocycles. The van der Waals surface area contributed by atoms with E-state index >= 15 is 0 Å². The van der Waals surface area contributed by atoms with Crippen molar-refractivity contribution in [3.63, 3.8) is 0 Å². The number of aromatic amines is 5. The zero-order chi connectivity index (χ0) is 95.3. The highest BCUT2D eigenvalue weighted by atomic mass is 35.5. The number of nitrogens with one attached hydrogen (secondary N) is 5. The summed E-state index contributed by atoms with van der Waals surface area (Å²) in [5.41, 5.74) is 10.1. The van der Waals surface area contributed by atoms with E-state index in [4.69, 9.17) is 38.9 Å². The molecule has 0 unspecified atom stereocenters. The molecule has 0 bridgehead atoms. The van der Waals surface area contributed by atoms with Gasteiger partial charge in [0.25, 0.3) is 0 Å². The van der Waals surface area contributed by atoms with Gasteiger partial charge in [-0.2, -0.15) is 43.9 Å². The quantitative estimate of drug-likeness (QED) is 0.0508. The number of aromatic nitrogens is 20. The zero-order valence-electron chi connectivity index (χ0n) is 76.6. The van der Waals surface area contributed by atoms with Crippen LogP contribution in [-0.4, -0.2) is 208 Å². The molecule has 2 saturated heterocycles. The average Bonchev–Trinajstić information content (AvgIpc) is 1.65. The number of halogens is 6. The maximum Gasteiger partial charge on any atom is 0.390 e. The maximum atomic E-state index is 12.6. The number of alkyl halides is 3. The lowest BCUT2D eigenvalue weighted by Crippen LogP contribution is -2.31. The minimum Gasteiger partial charge on any atom is -0.378 e. The summed E-state index contributed by atoms with van der Waals surface area (Å²) in [6, 6.07) is 12.0. The van der Waals surface area contributed by atoms with E-state index in [9.17, 15) is 44.0 Å². The minimum absolute atomic E-state index is 0.0363. The Kier molecular flexibility index (Phi) is 27.1. The Morgan fingerprint density at radius 1 is 0.473 bits per heavy atom. The van der Waals surface area contributed by atoms with Gasteiger partial charge in [0.15, 0.2) is 5.15 Å². The number of nitrogens with zero attached hydrogens (tertiary/aromatic N) is 18. The van der Waals surface area contributed by atoms with Gasteiger partial charge in [0.05, 0.1) is 93.9 Å². The minimum atomic E-state index is -4.18. The second kappa shape index (κ2) is 39.0. The first-order chi connectivity index (χ1) is 62.4. The van der Waals surface area contributed by atoms with Crippen molar-refractivity contribution in [3.8, 4) is 121 Å². The van der Waals surface area contributed by atoms with Crippen molar-refractivity contribution < 1.29 is 42.8 Å². The number of aryl methyl sites for hydroxylation is 3. The smallest absolute Gasteiger partial charge is 0.378 e. The fraction of sp³-hybridized carbons (Fsp3) is 0.358. The molecule has 34 heteroatoms. The first-order valence-corrected chi connectivity index (χ1v) is 42.8. The van der Waals surface area contributed by atoms with Crippen LogP contribution in [0.5, 0.6) is 0 Å². The monoisotopic (exact) mass is 1810 g/mol. The molecule has 0 aliphatic carbocycles. The van der Waals surface area contributed by atoms with Gasteiger partial charge in [-0.25, -0.2) is 24.9 Å². The average molecular weight is 1810 g/mol. The number of piperidine rings is 1. The second-order valence-corrected chi connectivity index (χ2v) is 34.9. The van der Waals surface area contributed by atoms with E-state index in [1.807, 2.05) is 76.6 Å². The Labute approximate surface area is 762 Å². The highest BCUT2D eigenvalue weighted by Gasteiger charge is 2.33. The Morgan fingerprint density at radius 2 is 0.899 bits per heavy atom. The summed E-state index contributed by atoms with van der Waals surface area (Å²) in [5.74, 6) is 28.3. The summed E-state index contributed by atoms with van der Waals surface area (Å²) < 4.78 is 72.4. The number of hydrogen-bond acceptors (Lipinski definition) is 18. The number of hydrogen-bond donors (Lipinski definition) is 10. The zero-order valence-corrected chi connectivity index (χ0v) is 75.9. The summed E-state index contributed by atoms with van der Waals surface area (Å²) in [7, 11) is 2.16. The van der Waals surface area contributed by atoms with Crippen LogP contribution >= 0.6 is 34.8 Å². The van der Waals surface area contributed by atoms with E-state index in [0.717, 1.165) is 132 Å². The summed E-state index contributed by atoms with van der Waals surface area (Å²) in [5, 5.41) is 97.6. The second-order valence-electron chi connectivity index (χ2n) is 33.8. The Balaban J connectivity index is 0.000000141. The van der Waals surface area contributed by atoms with Crippen molar-refractivity contribution in [2.75, 3.05) is 39.8 Å². The first-order valence-electron chi connectivity index (χ1n) is 43.1. The van der Waals surface area contributed by atoms with Crippen molar-refractivity contribution in [1.29, 1.82) is 5.26 Å². The number of nitriles is 1. The molecule has 2 fully saturated rings. The number of H-pyrrole nitrogens is 5. The Morgan fingerprint density at radius 3 is 1.30 bits per heavy atom. The largest absolute Gasteiger partial charge is 0.390 e. The van der Waals surface area contributed by atoms with Gasteiger partial charge in [-0.3, -0.25) is 25.5 Å². The van der Waals surface area contributed by atoms with E-state index < -0.39 is 40.6 Å².